The van der Waals surface area contributed by atoms with Gasteiger partial charge in [-0.15, -0.1) is 0 Å². The first kappa shape index (κ1) is 13.5. The summed E-state index contributed by atoms with van der Waals surface area (Å²) in [5.74, 6) is 2.19. The van der Waals surface area contributed by atoms with Crippen LogP contribution in [0.2, 0.25) is 0 Å². The third kappa shape index (κ3) is 3.00. The fourth-order valence-corrected chi connectivity index (χ4v) is 4.71. The van der Waals surface area contributed by atoms with Gasteiger partial charge in [-0.05, 0) is 55.0 Å². The predicted octanol–water partition coefficient (Wildman–Crippen LogP) is 4.50. The number of hydrogen-bond donors (Lipinski definition) is 1. The van der Waals surface area contributed by atoms with E-state index in [1.165, 1.54) is 43.4 Å². The Balaban J connectivity index is 1.80. The third-order valence-corrected chi connectivity index (χ3v) is 6.07. The summed E-state index contributed by atoms with van der Waals surface area (Å²) in [5.41, 5.74) is 3.10. The molecule has 0 aromatic heterocycles. The first-order valence-electron chi connectivity index (χ1n) is 7.83. The number of hydrogen-bond acceptors (Lipinski definition) is 2. The maximum absolute atomic E-state index is 3.72. The van der Waals surface area contributed by atoms with E-state index in [0.717, 1.165) is 17.7 Å². The summed E-state index contributed by atoms with van der Waals surface area (Å²) in [7, 11) is 0. The van der Waals surface area contributed by atoms with Gasteiger partial charge in [-0.25, -0.2) is 0 Å². The van der Waals surface area contributed by atoms with Gasteiger partial charge in [-0.2, -0.15) is 11.8 Å². The fraction of sp³-hybridized carbons (Fsp3) is 0.647. The molecular weight excluding hydrogens is 250 g/mol. The fourth-order valence-electron chi connectivity index (χ4n) is 3.30. The molecule has 1 aliphatic carbocycles. The Morgan fingerprint density at radius 2 is 2.16 bits per heavy atom. The molecule has 0 spiro atoms. The van der Waals surface area contributed by atoms with Crippen LogP contribution in [0.4, 0.5) is 0 Å². The van der Waals surface area contributed by atoms with E-state index in [-0.39, 0.29) is 0 Å². The normalized spacial score (nSPS) is 25.2. The van der Waals surface area contributed by atoms with Gasteiger partial charge >= 0.3 is 0 Å². The van der Waals surface area contributed by atoms with E-state index in [9.17, 15) is 0 Å². The molecule has 0 radical (unpaired) electrons. The maximum Gasteiger partial charge on any atom is 0.0440 e. The molecule has 2 aliphatic rings. The van der Waals surface area contributed by atoms with Gasteiger partial charge in [-0.1, -0.05) is 37.6 Å². The number of thioether (sulfide) groups is 1. The van der Waals surface area contributed by atoms with Gasteiger partial charge in [0, 0.05) is 11.3 Å². The molecule has 1 saturated carbocycles. The average Bonchev–Trinajstić information content (AvgIpc) is 2.88. The van der Waals surface area contributed by atoms with Gasteiger partial charge in [0.1, 0.15) is 0 Å². The van der Waals surface area contributed by atoms with Crippen molar-refractivity contribution in [1.29, 1.82) is 0 Å². The van der Waals surface area contributed by atoms with Gasteiger partial charge in [0.25, 0.3) is 0 Å². The molecule has 1 aliphatic heterocycles. The van der Waals surface area contributed by atoms with Crippen molar-refractivity contribution in [3.63, 3.8) is 0 Å². The molecule has 1 heterocycles. The molecule has 3 rings (SSSR count). The van der Waals surface area contributed by atoms with E-state index in [4.69, 9.17) is 0 Å². The minimum atomic E-state index is 0.553. The average molecular weight is 275 g/mol. The van der Waals surface area contributed by atoms with Crippen molar-refractivity contribution in [2.24, 2.45) is 0 Å². The van der Waals surface area contributed by atoms with Crippen LogP contribution in [0.1, 0.15) is 62.1 Å². The molecule has 0 amide bonds. The van der Waals surface area contributed by atoms with Gasteiger partial charge < -0.3 is 5.32 Å². The van der Waals surface area contributed by atoms with Crippen LogP contribution in [-0.4, -0.2) is 17.5 Å². The Morgan fingerprint density at radius 1 is 1.26 bits per heavy atom. The molecule has 1 aromatic rings. The van der Waals surface area contributed by atoms with Crippen molar-refractivity contribution in [2.75, 3.05) is 12.3 Å². The maximum atomic E-state index is 3.72. The van der Waals surface area contributed by atoms with Crippen molar-refractivity contribution in [1.82, 2.24) is 5.32 Å². The van der Waals surface area contributed by atoms with Crippen LogP contribution in [0.5, 0.6) is 0 Å². The van der Waals surface area contributed by atoms with Crippen molar-refractivity contribution in [2.45, 2.75) is 56.2 Å². The highest BCUT2D eigenvalue weighted by molar-refractivity contribution is 8.00. The highest BCUT2D eigenvalue weighted by atomic mass is 32.2. The van der Waals surface area contributed by atoms with Crippen molar-refractivity contribution in [3.05, 3.63) is 35.4 Å². The van der Waals surface area contributed by atoms with E-state index < -0.39 is 0 Å². The lowest BCUT2D eigenvalue weighted by Crippen LogP contribution is -2.29. The predicted molar refractivity (Wildman–Crippen MR) is 84.9 cm³/mol. The second-order valence-electron chi connectivity index (χ2n) is 5.88. The van der Waals surface area contributed by atoms with Crippen molar-refractivity contribution < 1.29 is 0 Å². The highest BCUT2D eigenvalue weighted by Gasteiger charge is 2.27. The molecule has 2 unspecified atom stereocenters. The van der Waals surface area contributed by atoms with E-state index in [0.29, 0.717) is 6.04 Å². The lowest BCUT2D eigenvalue weighted by atomic mass is 9.79. The zero-order chi connectivity index (χ0) is 13.1. The van der Waals surface area contributed by atoms with E-state index in [1.807, 2.05) is 0 Å². The Kier molecular flexibility index (Phi) is 4.49. The number of rotatable bonds is 5. The van der Waals surface area contributed by atoms with E-state index in [1.54, 1.807) is 5.56 Å². The molecule has 0 bridgehead atoms. The molecule has 2 heteroatoms. The minimum Gasteiger partial charge on any atom is -0.309 e. The van der Waals surface area contributed by atoms with Crippen LogP contribution in [0, 0.1) is 0 Å². The van der Waals surface area contributed by atoms with Crippen molar-refractivity contribution in [3.8, 4) is 0 Å². The van der Waals surface area contributed by atoms with Crippen LogP contribution in [0.25, 0.3) is 0 Å². The van der Waals surface area contributed by atoms with Gasteiger partial charge in [0.05, 0.1) is 0 Å². The van der Waals surface area contributed by atoms with Crippen LogP contribution in [0.3, 0.4) is 0 Å². The summed E-state index contributed by atoms with van der Waals surface area (Å²) < 4.78 is 0. The number of benzene rings is 1. The molecule has 1 saturated heterocycles. The monoisotopic (exact) mass is 275 g/mol. The smallest absolute Gasteiger partial charge is 0.0440 e. The standard InChI is InChI=1S/C17H25NS/c1-2-18-17(16-10-5-11-19-16)15-9-4-8-14(12-15)13-6-3-7-13/h4,8-9,12-13,16-18H,2-3,5-7,10-11H2,1H3. The zero-order valence-corrected chi connectivity index (χ0v) is 12.7. The van der Waals surface area contributed by atoms with Gasteiger partial charge in [0.2, 0.25) is 0 Å². The first-order chi connectivity index (χ1) is 9.38. The van der Waals surface area contributed by atoms with Gasteiger partial charge in [0.15, 0.2) is 0 Å². The zero-order valence-electron chi connectivity index (χ0n) is 11.9. The summed E-state index contributed by atoms with van der Waals surface area (Å²) in [4.78, 5) is 0. The molecule has 104 valence electrons. The second-order valence-corrected chi connectivity index (χ2v) is 7.23. The topological polar surface area (TPSA) is 12.0 Å². The summed E-state index contributed by atoms with van der Waals surface area (Å²) >= 11 is 2.16. The summed E-state index contributed by atoms with van der Waals surface area (Å²) in [6.45, 7) is 3.29. The lowest BCUT2D eigenvalue weighted by molar-refractivity contribution is 0.418. The third-order valence-electron chi connectivity index (χ3n) is 4.61. The molecule has 2 fully saturated rings. The molecule has 19 heavy (non-hydrogen) atoms. The summed E-state index contributed by atoms with van der Waals surface area (Å²) in [6, 6.07) is 9.97. The molecule has 2 atom stereocenters. The Bertz CT molecular complexity index is 407. The quantitative estimate of drug-likeness (QED) is 0.849. The van der Waals surface area contributed by atoms with Crippen molar-refractivity contribution >= 4 is 11.8 Å². The first-order valence-corrected chi connectivity index (χ1v) is 8.88. The Hall–Kier alpha value is -0.470. The highest BCUT2D eigenvalue weighted by Crippen LogP contribution is 2.39. The van der Waals surface area contributed by atoms with Crippen LogP contribution >= 0.6 is 11.8 Å². The van der Waals surface area contributed by atoms with Crippen LogP contribution in [0.15, 0.2) is 24.3 Å². The van der Waals surface area contributed by atoms with Crippen LogP contribution < -0.4 is 5.32 Å². The molecular formula is C17H25NS. The van der Waals surface area contributed by atoms with Crippen LogP contribution in [-0.2, 0) is 0 Å². The minimum absolute atomic E-state index is 0.553. The number of nitrogens with one attached hydrogen (secondary N) is 1. The lowest BCUT2D eigenvalue weighted by Gasteiger charge is -2.29. The Morgan fingerprint density at radius 3 is 2.79 bits per heavy atom. The largest absolute Gasteiger partial charge is 0.309 e. The van der Waals surface area contributed by atoms with E-state index in [2.05, 4.69) is 48.3 Å². The second kappa shape index (κ2) is 6.32. The molecule has 1 N–H and O–H groups in total. The summed E-state index contributed by atoms with van der Waals surface area (Å²) in [6.07, 6.45) is 6.97. The SMILES string of the molecule is CCNC(c1cccc(C2CCC2)c1)C1CCCS1. The van der Waals surface area contributed by atoms with E-state index >= 15 is 0 Å². The Labute approximate surface area is 121 Å². The molecule has 1 nitrogen and oxygen atoms in total. The van der Waals surface area contributed by atoms with Gasteiger partial charge in [-0.3, -0.25) is 0 Å². The summed E-state index contributed by atoms with van der Waals surface area (Å²) in [5, 5.41) is 4.50. The molecule has 1 aromatic carbocycles.